The third-order valence-electron chi connectivity index (χ3n) is 3.49. The van der Waals surface area contributed by atoms with Crippen molar-refractivity contribution in [2.75, 3.05) is 18.5 Å². The molecule has 2 N–H and O–H groups in total. The van der Waals surface area contributed by atoms with Crippen LogP contribution in [0.1, 0.15) is 22.5 Å². The van der Waals surface area contributed by atoms with E-state index < -0.39 is 16.8 Å². The second-order valence-corrected chi connectivity index (χ2v) is 5.14. The SMILES string of the molecule is CN(CCCc1cc(=O)c(=O)[nH][nH]1)c1ccccc1C(=O)C=O. The number of aromatic nitrogens is 2. The molecule has 0 unspecified atom stereocenters. The first kappa shape index (κ1) is 16.4. The molecule has 1 aromatic heterocycles. The molecule has 0 fully saturated rings. The molecule has 1 heterocycles. The van der Waals surface area contributed by atoms with Crippen molar-refractivity contribution < 1.29 is 9.59 Å². The number of benzene rings is 1. The Morgan fingerprint density at radius 2 is 1.96 bits per heavy atom. The number of aryl methyl sites for hydroxylation is 1. The standard InChI is InChI=1S/C16H17N3O4/c1-19(13-7-3-2-6-12(13)15(22)10-20)8-4-5-11-9-14(21)16(23)18-17-11/h2-3,6-7,9-10H,4-5,8H2,1H3,(H,17,21)(H,18,23). The van der Waals surface area contributed by atoms with Crippen molar-refractivity contribution in [2.24, 2.45) is 0 Å². The summed E-state index contributed by atoms with van der Waals surface area (Å²) in [5.74, 6) is -0.558. The summed E-state index contributed by atoms with van der Waals surface area (Å²) in [5, 5.41) is 4.95. The van der Waals surface area contributed by atoms with Crippen molar-refractivity contribution in [1.29, 1.82) is 0 Å². The molecule has 120 valence electrons. The van der Waals surface area contributed by atoms with E-state index in [4.69, 9.17) is 0 Å². The van der Waals surface area contributed by atoms with Crippen LogP contribution in [-0.2, 0) is 11.2 Å². The monoisotopic (exact) mass is 315 g/mol. The largest absolute Gasteiger partial charge is 0.374 e. The van der Waals surface area contributed by atoms with Crippen LogP contribution < -0.4 is 15.9 Å². The number of aldehydes is 1. The van der Waals surface area contributed by atoms with Crippen molar-refractivity contribution >= 4 is 17.8 Å². The van der Waals surface area contributed by atoms with Crippen LogP contribution in [-0.4, -0.2) is 35.9 Å². The van der Waals surface area contributed by atoms with E-state index >= 15 is 0 Å². The molecule has 1 aromatic carbocycles. The molecule has 2 rings (SSSR count). The number of para-hydroxylation sites is 1. The molecule has 0 aliphatic heterocycles. The van der Waals surface area contributed by atoms with E-state index in [1.807, 2.05) is 11.9 Å². The average Bonchev–Trinajstić information content (AvgIpc) is 2.57. The molecule has 0 saturated heterocycles. The Bertz CT molecular complexity index is 822. The van der Waals surface area contributed by atoms with Gasteiger partial charge in [0, 0.05) is 36.6 Å². The molecular weight excluding hydrogens is 298 g/mol. The third kappa shape index (κ3) is 4.03. The van der Waals surface area contributed by atoms with E-state index in [-0.39, 0.29) is 0 Å². The number of carbonyl (C=O) groups excluding carboxylic acids is 2. The van der Waals surface area contributed by atoms with Gasteiger partial charge in [0.25, 0.3) is 0 Å². The molecule has 0 amide bonds. The Kier molecular flexibility index (Phi) is 5.24. The zero-order valence-electron chi connectivity index (χ0n) is 12.7. The minimum absolute atomic E-state index is 0.303. The first-order chi connectivity index (χ1) is 11.0. The maximum atomic E-state index is 11.6. The number of nitrogens with zero attached hydrogens (tertiary/aromatic N) is 1. The van der Waals surface area contributed by atoms with Crippen LogP contribution in [0.4, 0.5) is 5.69 Å². The average molecular weight is 315 g/mol. The van der Waals surface area contributed by atoms with E-state index in [0.29, 0.717) is 42.6 Å². The van der Waals surface area contributed by atoms with Gasteiger partial charge in [-0.1, -0.05) is 12.1 Å². The van der Waals surface area contributed by atoms with Gasteiger partial charge in [-0.3, -0.25) is 24.3 Å². The van der Waals surface area contributed by atoms with Gasteiger partial charge in [-0.25, -0.2) is 0 Å². The number of H-pyrrole nitrogens is 2. The van der Waals surface area contributed by atoms with Crippen LogP contribution in [0.5, 0.6) is 0 Å². The van der Waals surface area contributed by atoms with Gasteiger partial charge in [-0.15, -0.1) is 0 Å². The maximum Gasteiger partial charge on any atom is 0.310 e. The molecule has 0 atom stereocenters. The molecule has 0 bridgehead atoms. The number of hydrogen-bond acceptors (Lipinski definition) is 5. The lowest BCUT2D eigenvalue weighted by atomic mass is 10.1. The zero-order chi connectivity index (χ0) is 16.8. The van der Waals surface area contributed by atoms with E-state index in [9.17, 15) is 19.2 Å². The quantitative estimate of drug-likeness (QED) is 0.440. The highest BCUT2D eigenvalue weighted by Crippen LogP contribution is 2.19. The van der Waals surface area contributed by atoms with Gasteiger partial charge < -0.3 is 10.00 Å². The minimum Gasteiger partial charge on any atom is -0.374 e. The highest BCUT2D eigenvalue weighted by Gasteiger charge is 2.12. The molecule has 7 nitrogen and oxygen atoms in total. The summed E-state index contributed by atoms with van der Waals surface area (Å²) in [6.45, 7) is 0.615. The zero-order valence-corrected chi connectivity index (χ0v) is 12.7. The molecule has 23 heavy (non-hydrogen) atoms. The summed E-state index contributed by atoms with van der Waals surface area (Å²) < 4.78 is 0. The highest BCUT2D eigenvalue weighted by atomic mass is 16.2. The number of anilines is 1. The van der Waals surface area contributed by atoms with Crippen LogP contribution in [0.15, 0.2) is 39.9 Å². The van der Waals surface area contributed by atoms with Crippen molar-refractivity contribution in [2.45, 2.75) is 12.8 Å². The topological polar surface area (TPSA) is 103 Å². The number of carbonyl (C=O) groups is 2. The fraction of sp³-hybridized carbons (Fsp3) is 0.250. The second kappa shape index (κ2) is 7.35. The van der Waals surface area contributed by atoms with Crippen molar-refractivity contribution in [3.05, 3.63) is 62.2 Å². The molecular formula is C16H17N3O4. The third-order valence-corrected chi connectivity index (χ3v) is 3.49. The van der Waals surface area contributed by atoms with Crippen molar-refractivity contribution in [3.63, 3.8) is 0 Å². The molecule has 0 radical (unpaired) electrons. The fourth-order valence-corrected chi connectivity index (χ4v) is 2.30. The van der Waals surface area contributed by atoms with E-state index in [2.05, 4.69) is 10.2 Å². The molecule has 0 saturated carbocycles. The Hall–Kier alpha value is -2.96. The summed E-state index contributed by atoms with van der Waals surface area (Å²) >= 11 is 0. The molecule has 7 heteroatoms. The van der Waals surface area contributed by atoms with Crippen LogP contribution in [0.3, 0.4) is 0 Å². The lowest BCUT2D eigenvalue weighted by Crippen LogP contribution is -2.28. The van der Waals surface area contributed by atoms with E-state index in [1.165, 1.54) is 6.07 Å². The highest BCUT2D eigenvalue weighted by molar-refractivity contribution is 6.34. The maximum absolute atomic E-state index is 11.6. The van der Waals surface area contributed by atoms with Crippen molar-refractivity contribution in [1.82, 2.24) is 10.2 Å². The van der Waals surface area contributed by atoms with Crippen molar-refractivity contribution in [3.8, 4) is 0 Å². The van der Waals surface area contributed by atoms with Crippen LogP contribution >= 0.6 is 0 Å². The van der Waals surface area contributed by atoms with E-state index in [1.54, 1.807) is 24.3 Å². The number of Topliss-reactive ketones (excluding diaryl/α,β-unsaturated/α-hetero) is 1. The van der Waals surface area contributed by atoms with E-state index in [0.717, 1.165) is 0 Å². The van der Waals surface area contributed by atoms with Crippen LogP contribution in [0.2, 0.25) is 0 Å². The Morgan fingerprint density at radius 3 is 2.65 bits per heavy atom. The Balaban J connectivity index is 2.02. The molecule has 0 spiro atoms. The predicted molar refractivity (Wildman–Crippen MR) is 86.1 cm³/mol. The van der Waals surface area contributed by atoms with Gasteiger partial charge in [0.05, 0.1) is 0 Å². The summed E-state index contributed by atoms with van der Waals surface area (Å²) in [6, 6.07) is 8.18. The van der Waals surface area contributed by atoms with Crippen LogP contribution in [0.25, 0.3) is 0 Å². The summed E-state index contributed by atoms with van der Waals surface area (Å²) in [5.41, 5.74) is 0.434. The van der Waals surface area contributed by atoms with Gasteiger partial charge >= 0.3 is 5.56 Å². The Morgan fingerprint density at radius 1 is 1.22 bits per heavy atom. The van der Waals surface area contributed by atoms with Gasteiger partial charge in [0.1, 0.15) is 0 Å². The number of hydrogen-bond donors (Lipinski definition) is 2. The number of rotatable bonds is 7. The lowest BCUT2D eigenvalue weighted by molar-refractivity contribution is -0.104. The normalized spacial score (nSPS) is 10.3. The molecule has 0 aliphatic rings. The van der Waals surface area contributed by atoms with Gasteiger partial charge in [0.2, 0.25) is 11.2 Å². The summed E-state index contributed by atoms with van der Waals surface area (Å²) in [7, 11) is 1.83. The van der Waals surface area contributed by atoms with Gasteiger partial charge in [-0.2, -0.15) is 0 Å². The predicted octanol–water partition coefficient (Wildman–Crippen LogP) is 0.514. The Labute approximate surface area is 131 Å². The number of nitrogens with one attached hydrogen (secondary N) is 2. The fourth-order valence-electron chi connectivity index (χ4n) is 2.30. The smallest absolute Gasteiger partial charge is 0.310 e. The first-order valence-electron chi connectivity index (χ1n) is 7.13. The summed E-state index contributed by atoms with van der Waals surface area (Å²) in [6.07, 6.45) is 1.57. The minimum atomic E-state index is -0.674. The second-order valence-electron chi connectivity index (χ2n) is 5.14. The first-order valence-corrected chi connectivity index (χ1v) is 7.13. The van der Waals surface area contributed by atoms with Gasteiger partial charge in [-0.05, 0) is 25.0 Å². The number of aromatic amines is 2. The number of ketones is 1. The van der Waals surface area contributed by atoms with Gasteiger partial charge in [0.15, 0.2) is 6.29 Å². The van der Waals surface area contributed by atoms with Crippen LogP contribution in [0, 0.1) is 0 Å². The molecule has 0 aliphatic carbocycles. The summed E-state index contributed by atoms with van der Waals surface area (Å²) in [4.78, 5) is 46.5. The molecule has 2 aromatic rings. The lowest BCUT2D eigenvalue weighted by Gasteiger charge is -2.21.